The van der Waals surface area contributed by atoms with Crippen molar-refractivity contribution >= 4 is 44.7 Å². The van der Waals surface area contributed by atoms with Crippen LogP contribution in [0.1, 0.15) is 18.4 Å². The lowest BCUT2D eigenvalue weighted by atomic mass is 10.1. The monoisotopic (exact) mass is 580 g/mol. The Bertz CT molecular complexity index is 1660. The first-order chi connectivity index (χ1) is 18.4. The van der Waals surface area contributed by atoms with E-state index in [0.29, 0.717) is 25.6 Å². The summed E-state index contributed by atoms with van der Waals surface area (Å²) in [6.07, 6.45) is -3.22. The Balaban J connectivity index is 1.66. The molecule has 0 bridgehead atoms. The maximum atomic E-state index is 14.1. The first kappa shape index (κ1) is 26.7. The van der Waals surface area contributed by atoms with Gasteiger partial charge in [0.1, 0.15) is 10.7 Å². The molecule has 1 fully saturated rings. The lowest BCUT2D eigenvalue weighted by Gasteiger charge is -2.31. The zero-order valence-corrected chi connectivity index (χ0v) is 21.5. The van der Waals surface area contributed by atoms with Gasteiger partial charge in [0, 0.05) is 42.5 Å². The summed E-state index contributed by atoms with van der Waals surface area (Å²) in [7, 11) is -4.27. The van der Waals surface area contributed by atoms with Crippen molar-refractivity contribution in [1.82, 2.24) is 23.8 Å². The lowest BCUT2D eigenvalue weighted by Crippen LogP contribution is -2.44. The standard InChI is InChI=1S/C24H20ClF3N6O4S/c25-19-9-8-16-17(13-34(21(16)31-19)39(37,38)15-6-2-1-3-7-15)20-18(24(26,27)28)11-29-22(32-20)30-14-5-4-10-33(12-14)23(35)36/h1-3,6-9,11,13-14H,4-5,10,12H2,(H,35,36)(H,29,30,32)/t14-/m0/s1. The van der Waals surface area contributed by atoms with Gasteiger partial charge in [0.15, 0.2) is 5.65 Å². The molecule has 4 aromatic rings. The molecule has 1 aliphatic rings. The van der Waals surface area contributed by atoms with Gasteiger partial charge in [-0.05, 0) is 37.1 Å². The van der Waals surface area contributed by atoms with Crippen molar-refractivity contribution in [3.8, 4) is 11.3 Å². The molecular weight excluding hydrogens is 561 g/mol. The smallest absolute Gasteiger partial charge is 0.419 e. The number of fused-ring (bicyclic) bond motifs is 1. The Morgan fingerprint density at radius 3 is 2.56 bits per heavy atom. The predicted octanol–water partition coefficient (Wildman–Crippen LogP) is 4.96. The first-order valence-electron chi connectivity index (χ1n) is 11.6. The number of pyridine rings is 1. The van der Waals surface area contributed by atoms with Crippen LogP contribution in [0.15, 0.2) is 59.8 Å². The van der Waals surface area contributed by atoms with Gasteiger partial charge in [-0.15, -0.1) is 0 Å². The van der Waals surface area contributed by atoms with Crippen LogP contribution >= 0.6 is 11.6 Å². The van der Waals surface area contributed by atoms with Gasteiger partial charge in [0.2, 0.25) is 5.95 Å². The molecule has 1 aromatic carbocycles. The van der Waals surface area contributed by atoms with Crippen molar-refractivity contribution in [2.75, 3.05) is 18.4 Å². The quantitative estimate of drug-likeness (QED) is 0.317. The molecule has 0 aliphatic carbocycles. The Kier molecular flexibility index (Phi) is 6.84. The van der Waals surface area contributed by atoms with Crippen LogP contribution in [0.2, 0.25) is 5.15 Å². The van der Waals surface area contributed by atoms with E-state index in [0.717, 1.165) is 10.2 Å². The molecule has 2 N–H and O–H groups in total. The topological polar surface area (TPSA) is 130 Å². The summed E-state index contributed by atoms with van der Waals surface area (Å²) < 4.78 is 70.0. The highest BCUT2D eigenvalue weighted by Gasteiger charge is 2.37. The fraction of sp³-hybridized carbons (Fsp3) is 0.250. The number of anilines is 1. The molecule has 39 heavy (non-hydrogen) atoms. The van der Waals surface area contributed by atoms with Crippen LogP contribution in [-0.4, -0.2) is 62.6 Å². The van der Waals surface area contributed by atoms with Crippen molar-refractivity contribution in [3.05, 3.63) is 65.6 Å². The van der Waals surface area contributed by atoms with Gasteiger partial charge in [0.25, 0.3) is 10.0 Å². The molecule has 0 radical (unpaired) electrons. The molecule has 204 valence electrons. The fourth-order valence-electron chi connectivity index (χ4n) is 4.44. The van der Waals surface area contributed by atoms with Gasteiger partial charge < -0.3 is 15.3 Å². The molecule has 15 heteroatoms. The van der Waals surface area contributed by atoms with Crippen LogP contribution in [0.4, 0.5) is 23.9 Å². The lowest BCUT2D eigenvalue weighted by molar-refractivity contribution is -0.137. The minimum Gasteiger partial charge on any atom is -0.465 e. The number of halogens is 4. The summed E-state index contributed by atoms with van der Waals surface area (Å²) in [4.78, 5) is 24.5. The number of nitrogens with one attached hydrogen (secondary N) is 1. The molecule has 4 heterocycles. The summed E-state index contributed by atoms with van der Waals surface area (Å²) in [5.41, 5.74) is -2.08. The van der Waals surface area contributed by atoms with E-state index in [1.54, 1.807) is 6.07 Å². The number of hydrogen-bond donors (Lipinski definition) is 2. The largest absolute Gasteiger partial charge is 0.465 e. The normalized spacial score (nSPS) is 16.4. The number of nitrogens with zero attached hydrogens (tertiary/aromatic N) is 5. The highest BCUT2D eigenvalue weighted by Crippen LogP contribution is 2.40. The van der Waals surface area contributed by atoms with Crippen molar-refractivity contribution in [2.45, 2.75) is 30.0 Å². The van der Waals surface area contributed by atoms with Crippen LogP contribution in [0.25, 0.3) is 22.3 Å². The SMILES string of the molecule is O=C(O)N1CCC[C@H](Nc2ncc(C(F)(F)F)c(-c3cn(S(=O)(=O)c4ccccc4)c4nc(Cl)ccc34)n2)C1. The number of aromatic nitrogens is 4. The average molecular weight is 581 g/mol. The van der Waals surface area contributed by atoms with E-state index in [9.17, 15) is 31.5 Å². The number of hydrogen-bond acceptors (Lipinski definition) is 7. The number of likely N-dealkylation sites (tertiary alicyclic amines) is 1. The molecule has 0 saturated carbocycles. The van der Waals surface area contributed by atoms with Crippen LogP contribution in [0, 0.1) is 0 Å². The Hall–Kier alpha value is -3.91. The van der Waals surface area contributed by atoms with E-state index >= 15 is 0 Å². The van der Waals surface area contributed by atoms with E-state index in [4.69, 9.17) is 11.6 Å². The maximum Gasteiger partial charge on any atom is 0.419 e. The molecule has 1 atom stereocenters. The number of benzene rings is 1. The number of carboxylic acid groups (broad SMARTS) is 1. The number of amides is 1. The van der Waals surface area contributed by atoms with Crippen LogP contribution < -0.4 is 5.32 Å². The zero-order chi connectivity index (χ0) is 27.9. The van der Waals surface area contributed by atoms with Gasteiger partial charge in [-0.3, -0.25) is 0 Å². The minimum absolute atomic E-state index is 0.0574. The molecule has 3 aromatic heterocycles. The van der Waals surface area contributed by atoms with E-state index in [2.05, 4.69) is 20.3 Å². The molecule has 1 saturated heterocycles. The van der Waals surface area contributed by atoms with Crippen LogP contribution in [0.3, 0.4) is 0 Å². The number of alkyl halides is 3. The van der Waals surface area contributed by atoms with E-state index in [1.807, 2.05) is 0 Å². The summed E-state index contributed by atoms with van der Waals surface area (Å²) in [6.45, 7) is 0.448. The molecule has 1 amide bonds. The third-order valence-corrected chi connectivity index (χ3v) is 8.14. The van der Waals surface area contributed by atoms with Gasteiger partial charge >= 0.3 is 12.3 Å². The predicted molar refractivity (Wildman–Crippen MR) is 136 cm³/mol. The Morgan fingerprint density at radius 2 is 1.87 bits per heavy atom. The number of carbonyl (C=O) groups is 1. The molecular formula is C24H20ClF3N6O4S. The fourth-order valence-corrected chi connectivity index (χ4v) is 5.93. The average Bonchev–Trinajstić information content (AvgIpc) is 3.28. The number of piperidine rings is 1. The zero-order valence-electron chi connectivity index (χ0n) is 19.9. The third kappa shape index (κ3) is 5.21. The van der Waals surface area contributed by atoms with Gasteiger partial charge in [-0.25, -0.2) is 32.1 Å². The second-order valence-electron chi connectivity index (χ2n) is 8.83. The van der Waals surface area contributed by atoms with Crippen molar-refractivity contribution in [3.63, 3.8) is 0 Å². The highest BCUT2D eigenvalue weighted by atomic mass is 35.5. The van der Waals surface area contributed by atoms with E-state index < -0.39 is 39.6 Å². The molecule has 5 rings (SSSR count). The number of rotatable bonds is 5. The Morgan fingerprint density at radius 1 is 1.13 bits per heavy atom. The molecule has 10 nitrogen and oxygen atoms in total. The van der Waals surface area contributed by atoms with Gasteiger partial charge in [0.05, 0.1) is 10.6 Å². The summed E-state index contributed by atoms with van der Waals surface area (Å²) in [6, 6.07) is 9.64. The molecule has 0 unspecified atom stereocenters. The van der Waals surface area contributed by atoms with Gasteiger partial charge in [-0.2, -0.15) is 13.2 Å². The third-order valence-electron chi connectivity index (χ3n) is 6.26. The minimum atomic E-state index is -4.87. The van der Waals surface area contributed by atoms with E-state index in [-0.39, 0.29) is 39.1 Å². The summed E-state index contributed by atoms with van der Waals surface area (Å²) >= 11 is 6.03. The highest BCUT2D eigenvalue weighted by molar-refractivity contribution is 7.90. The molecule has 1 aliphatic heterocycles. The van der Waals surface area contributed by atoms with Crippen LogP contribution in [-0.2, 0) is 16.2 Å². The molecule has 0 spiro atoms. The maximum absolute atomic E-state index is 14.1. The van der Waals surface area contributed by atoms with Crippen LogP contribution in [0.5, 0.6) is 0 Å². The second-order valence-corrected chi connectivity index (χ2v) is 11.0. The van der Waals surface area contributed by atoms with Crippen molar-refractivity contribution in [1.29, 1.82) is 0 Å². The van der Waals surface area contributed by atoms with Crippen molar-refractivity contribution < 1.29 is 31.5 Å². The van der Waals surface area contributed by atoms with E-state index in [1.165, 1.54) is 41.3 Å². The first-order valence-corrected chi connectivity index (χ1v) is 13.4. The van der Waals surface area contributed by atoms with Gasteiger partial charge in [-0.1, -0.05) is 29.8 Å². The van der Waals surface area contributed by atoms with Crippen molar-refractivity contribution in [2.24, 2.45) is 0 Å². The summed E-state index contributed by atoms with van der Waals surface area (Å²) in [5.74, 6) is -0.163. The summed E-state index contributed by atoms with van der Waals surface area (Å²) in [5, 5.41) is 12.2. The second kappa shape index (κ2) is 10.0. The Labute approximate surface area is 225 Å².